The number of nitrogens with one attached hydrogen (secondary N) is 2. The van der Waals surface area contributed by atoms with E-state index in [1.165, 1.54) is 19.1 Å². The Morgan fingerprint density at radius 2 is 1.76 bits per heavy atom. The van der Waals surface area contributed by atoms with Gasteiger partial charge in [0, 0.05) is 28.8 Å². The Labute approximate surface area is 131 Å². The molecule has 2 N–H and O–H groups in total. The fraction of sp³-hybridized carbons (Fsp3) is 0.188. The van der Waals surface area contributed by atoms with Gasteiger partial charge in [0.25, 0.3) is 0 Å². The molecular weight excluding hydrogens is 335 g/mol. The van der Waals surface area contributed by atoms with Gasteiger partial charge in [-0.25, -0.2) is 4.39 Å². The molecule has 1 atom stereocenters. The highest BCUT2D eigenvalue weighted by Gasteiger charge is 2.10. The third kappa shape index (κ3) is 4.29. The van der Waals surface area contributed by atoms with Crippen LogP contribution < -0.4 is 10.6 Å². The first-order valence-electron chi connectivity index (χ1n) is 6.55. The third-order valence-corrected chi connectivity index (χ3v) is 3.70. The van der Waals surface area contributed by atoms with Crippen molar-refractivity contribution in [3.8, 4) is 0 Å². The lowest BCUT2D eigenvalue weighted by atomic mass is 10.1. The van der Waals surface area contributed by atoms with E-state index in [2.05, 4.69) is 26.6 Å². The molecule has 0 aliphatic heterocycles. The predicted octanol–water partition coefficient (Wildman–Crippen LogP) is 4.72. The first-order valence-corrected chi connectivity index (χ1v) is 7.34. The van der Waals surface area contributed by atoms with Crippen molar-refractivity contribution >= 4 is 33.2 Å². The van der Waals surface area contributed by atoms with Gasteiger partial charge in [-0.05, 0) is 48.9 Å². The van der Waals surface area contributed by atoms with Crippen LogP contribution in [0.4, 0.5) is 15.8 Å². The number of carbonyl (C=O) groups is 1. The summed E-state index contributed by atoms with van der Waals surface area (Å²) in [4.78, 5) is 11.0. The van der Waals surface area contributed by atoms with Crippen molar-refractivity contribution in [2.45, 2.75) is 19.9 Å². The van der Waals surface area contributed by atoms with Crippen LogP contribution in [0.15, 0.2) is 46.9 Å². The second kappa shape index (κ2) is 6.72. The maximum Gasteiger partial charge on any atom is 0.221 e. The van der Waals surface area contributed by atoms with Gasteiger partial charge in [-0.3, -0.25) is 4.79 Å². The number of rotatable bonds is 4. The lowest BCUT2D eigenvalue weighted by molar-refractivity contribution is -0.114. The van der Waals surface area contributed by atoms with E-state index in [9.17, 15) is 9.18 Å². The van der Waals surface area contributed by atoms with Crippen LogP contribution in [0.5, 0.6) is 0 Å². The van der Waals surface area contributed by atoms with Crippen LogP contribution in [0.3, 0.4) is 0 Å². The predicted molar refractivity (Wildman–Crippen MR) is 86.9 cm³/mol. The van der Waals surface area contributed by atoms with E-state index in [1.54, 1.807) is 6.07 Å². The molecule has 0 bridgehead atoms. The Hall–Kier alpha value is -1.88. The molecule has 2 aromatic rings. The Morgan fingerprint density at radius 1 is 1.14 bits per heavy atom. The Bertz CT molecular complexity index is 643. The second-order valence-electron chi connectivity index (χ2n) is 4.79. The minimum absolute atomic E-state index is 0.0200. The van der Waals surface area contributed by atoms with Crippen molar-refractivity contribution in [2.24, 2.45) is 0 Å². The molecule has 0 radical (unpaired) electrons. The molecule has 0 saturated carbocycles. The van der Waals surface area contributed by atoms with E-state index in [4.69, 9.17) is 0 Å². The van der Waals surface area contributed by atoms with Crippen molar-refractivity contribution in [3.63, 3.8) is 0 Å². The minimum atomic E-state index is -0.266. The number of hydrogen-bond donors (Lipinski definition) is 2. The molecule has 3 nitrogen and oxygen atoms in total. The normalized spacial score (nSPS) is 11.8. The van der Waals surface area contributed by atoms with E-state index < -0.39 is 0 Å². The molecule has 2 rings (SSSR count). The van der Waals surface area contributed by atoms with Gasteiger partial charge in [0.15, 0.2) is 0 Å². The van der Waals surface area contributed by atoms with Crippen LogP contribution in [-0.2, 0) is 4.79 Å². The van der Waals surface area contributed by atoms with Gasteiger partial charge >= 0.3 is 0 Å². The first-order chi connectivity index (χ1) is 9.95. The van der Waals surface area contributed by atoms with E-state index >= 15 is 0 Å². The molecule has 5 heteroatoms. The van der Waals surface area contributed by atoms with Gasteiger partial charge in [-0.15, -0.1) is 0 Å². The van der Waals surface area contributed by atoms with Crippen molar-refractivity contribution in [2.75, 3.05) is 10.6 Å². The maximum absolute atomic E-state index is 13.1. The van der Waals surface area contributed by atoms with E-state index in [1.807, 2.05) is 31.2 Å². The van der Waals surface area contributed by atoms with Crippen LogP contribution >= 0.6 is 15.9 Å². The van der Waals surface area contributed by atoms with Gasteiger partial charge in [0.05, 0.1) is 0 Å². The van der Waals surface area contributed by atoms with Gasteiger partial charge < -0.3 is 10.6 Å². The van der Waals surface area contributed by atoms with Crippen LogP contribution in [-0.4, -0.2) is 5.91 Å². The van der Waals surface area contributed by atoms with Crippen LogP contribution in [0.25, 0.3) is 0 Å². The Balaban J connectivity index is 2.08. The highest BCUT2D eigenvalue weighted by molar-refractivity contribution is 9.10. The molecule has 0 saturated heterocycles. The lowest BCUT2D eigenvalue weighted by Crippen LogP contribution is -2.08. The van der Waals surface area contributed by atoms with Gasteiger partial charge in [0.2, 0.25) is 5.91 Å². The average molecular weight is 351 g/mol. The number of benzene rings is 2. The zero-order valence-corrected chi connectivity index (χ0v) is 13.4. The van der Waals surface area contributed by atoms with Crippen LogP contribution in [0, 0.1) is 5.82 Å². The Kier molecular flexibility index (Phi) is 4.96. The fourth-order valence-electron chi connectivity index (χ4n) is 2.03. The molecule has 0 fully saturated rings. The molecule has 1 amide bonds. The minimum Gasteiger partial charge on any atom is -0.378 e. The Morgan fingerprint density at radius 3 is 2.33 bits per heavy atom. The highest BCUT2D eigenvalue weighted by Crippen LogP contribution is 2.27. The number of carbonyl (C=O) groups excluding carboxylic acids is 1. The molecule has 0 aromatic heterocycles. The summed E-state index contributed by atoms with van der Waals surface area (Å²) in [6, 6.07) is 12.1. The van der Waals surface area contributed by atoms with E-state index in [0.717, 1.165) is 21.4 Å². The van der Waals surface area contributed by atoms with Crippen molar-refractivity contribution < 1.29 is 9.18 Å². The number of anilines is 2. The standard InChI is InChI=1S/C16H16BrFN2O/c1-10(15-8-3-12(18)9-16(15)17)19-13-4-6-14(7-5-13)20-11(2)21/h3-10,19H,1-2H3,(H,20,21). The smallest absolute Gasteiger partial charge is 0.221 e. The number of hydrogen-bond acceptors (Lipinski definition) is 2. The van der Waals surface area contributed by atoms with Crippen molar-refractivity contribution in [1.29, 1.82) is 0 Å². The molecule has 0 heterocycles. The molecule has 1 unspecified atom stereocenters. The average Bonchev–Trinajstić information content (AvgIpc) is 2.40. The summed E-state index contributed by atoms with van der Waals surface area (Å²) in [6.07, 6.45) is 0. The molecule has 110 valence electrons. The first kappa shape index (κ1) is 15.5. The molecular formula is C16H16BrFN2O. The zero-order chi connectivity index (χ0) is 15.4. The summed E-state index contributed by atoms with van der Waals surface area (Å²) in [5.74, 6) is -0.364. The summed E-state index contributed by atoms with van der Waals surface area (Å²) in [6.45, 7) is 3.47. The molecule has 21 heavy (non-hydrogen) atoms. The quantitative estimate of drug-likeness (QED) is 0.837. The molecule has 0 aliphatic carbocycles. The summed E-state index contributed by atoms with van der Waals surface area (Å²) in [5, 5.41) is 6.05. The fourth-order valence-corrected chi connectivity index (χ4v) is 2.73. The molecule has 0 spiro atoms. The molecule has 0 aliphatic rings. The summed E-state index contributed by atoms with van der Waals surface area (Å²) < 4.78 is 13.8. The van der Waals surface area contributed by atoms with Gasteiger partial charge in [-0.2, -0.15) is 0 Å². The third-order valence-electron chi connectivity index (χ3n) is 3.02. The SMILES string of the molecule is CC(=O)Nc1ccc(NC(C)c2ccc(F)cc2Br)cc1. The molecule has 2 aromatic carbocycles. The van der Waals surface area contributed by atoms with E-state index in [0.29, 0.717) is 0 Å². The lowest BCUT2D eigenvalue weighted by Gasteiger charge is -2.17. The van der Waals surface area contributed by atoms with Gasteiger partial charge in [-0.1, -0.05) is 22.0 Å². The van der Waals surface area contributed by atoms with Crippen molar-refractivity contribution in [3.05, 3.63) is 58.3 Å². The van der Waals surface area contributed by atoms with Crippen LogP contribution in [0.2, 0.25) is 0 Å². The van der Waals surface area contributed by atoms with E-state index in [-0.39, 0.29) is 17.8 Å². The summed E-state index contributed by atoms with van der Waals surface area (Å²) in [5.41, 5.74) is 2.65. The second-order valence-corrected chi connectivity index (χ2v) is 5.64. The highest BCUT2D eigenvalue weighted by atomic mass is 79.9. The topological polar surface area (TPSA) is 41.1 Å². The number of amides is 1. The largest absolute Gasteiger partial charge is 0.378 e. The van der Waals surface area contributed by atoms with Gasteiger partial charge in [0.1, 0.15) is 5.82 Å². The zero-order valence-electron chi connectivity index (χ0n) is 11.8. The number of halogens is 2. The monoisotopic (exact) mass is 350 g/mol. The van der Waals surface area contributed by atoms with Crippen LogP contribution in [0.1, 0.15) is 25.5 Å². The van der Waals surface area contributed by atoms with Crippen molar-refractivity contribution in [1.82, 2.24) is 0 Å². The summed E-state index contributed by atoms with van der Waals surface area (Å²) >= 11 is 3.37. The maximum atomic E-state index is 13.1. The summed E-state index contributed by atoms with van der Waals surface area (Å²) in [7, 11) is 0.